The second-order valence-corrected chi connectivity index (χ2v) is 1.68. The Labute approximate surface area is 52.0 Å². The fourth-order valence-corrected chi connectivity index (χ4v) is 0.302. The first-order valence-electron chi connectivity index (χ1n) is 2.40. The Morgan fingerprint density at radius 2 is 2.33 bits per heavy atom. The predicted octanol–water partition coefficient (Wildman–Crippen LogP) is 0.272. The molecule has 3 nitrogen and oxygen atoms in total. The number of carbonyl (C=O) groups is 1. The average molecular weight is 133 g/mol. The number of aliphatic carboxylic acids is 1. The number of nitrogens with two attached hydrogens (primary N) is 1. The van der Waals surface area contributed by atoms with Gasteiger partial charge in [-0.15, -0.1) is 0 Å². The number of rotatable bonds is 2. The fraction of sp³-hybridized carbons (Fsp3) is 0.400. The molecule has 0 radical (unpaired) electrons. The Hall–Kier alpha value is -0.900. The number of carboxylic acid groups (broad SMARTS) is 1. The van der Waals surface area contributed by atoms with Crippen molar-refractivity contribution in [2.24, 2.45) is 5.73 Å². The van der Waals surface area contributed by atoms with E-state index in [0.717, 1.165) is 6.08 Å². The molecule has 0 saturated carbocycles. The standard InChI is InChI=1S/C5H8FNO2/c1-3(7)2-4(6)5(8)9/h2-3H,7H2,1H3,(H,8,9). The highest BCUT2D eigenvalue weighted by atomic mass is 19.1. The van der Waals surface area contributed by atoms with Crippen LogP contribution in [0.5, 0.6) is 0 Å². The zero-order valence-corrected chi connectivity index (χ0v) is 4.97. The van der Waals surface area contributed by atoms with Crippen LogP contribution in [0.4, 0.5) is 4.39 Å². The second kappa shape index (κ2) is 3.19. The molecule has 3 N–H and O–H groups in total. The van der Waals surface area contributed by atoms with Crippen molar-refractivity contribution in [2.75, 3.05) is 0 Å². The van der Waals surface area contributed by atoms with Crippen molar-refractivity contribution >= 4 is 5.97 Å². The summed E-state index contributed by atoms with van der Waals surface area (Å²) >= 11 is 0. The summed E-state index contributed by atoms with van der Waals surface area (Å²) in [7, 11) is 0. The van der Waals surface area contributed by atoms with Gasteiger partial charge in [-0.1, -0.05) is 0 Å². The zero-order valence-electron chi connectivity index (χ0n) is 4.97. The summed E-state index contributed by atoms with van der Waals surface area (Å²) in [4.78, 5) is 9.74. The molecule has 0 rings (SSSR count). The van der Waals surface area contributed by atoms with E-state index in [2.05, 4.69) is 0 Å². The van der Waals surface area contributed by atoms with Crippen LogP contribution in [-0.4, -0.2) is 17.1 Å². The fourth-order valence-electron chi connectivity index (χ4n) is 0.302. The second-order valence-electron chi connectivity index (χ2n) is 1.68. The monoisotopic (exact) mass is 133 g/mol. The highest BCUT2D eigenvalue weighted by Crippen LogP contribution is 1.96. The van der Waals surface area contributed by atoms with E-state index in [9.17, 15) is 9.18 Å². The van der Waals surface area contributed by atoms with E-state index in [1.807, 2.05) is 0 Å². The van der Waals surface area contributed by atoms with Crippen molar-refractivity contribution in [3.8, 4) is 0 Å². The molecule has 0 saturated heterocycles. The van der Waals surface area contributed by atoms with Gasteiger partial charge in [-0.2, -0.15) is 4.39 Å². The van der Waals surface area contributed by atoms with Gasteiger partial charge >= 0.3 is 5.97 Å². The summed E-state index contributed by atoms with van der Waals surface area (Å²) in [5, 5.41) is 7.93. The van der Waals surface area contributed by atoms with Crippen LogP contribution in [0.15, 0.2) is 11.9 Å². The van der Waals surface area contributed by atoms with Crippen LogP contribution >= 0.6 is 0 Å². The molecule has 0 aliphatic heterocycles. The maximum Gasteiger partial charge on any atom is 0.364 e. The minimum absolute atomic E-state index is 0.555. The van der Waals surface area contributed by atoms with Crippen LogP contribution in [0.3, 0.4) is 0 Å². The molecular weight excluding hydrogens is 125 g/mol. The minimum atomic E-state index is -1.58. The van der Waals surface area contributed by atoms with Crippen LogP contribution < -0.4 is 5.73 Å². The highest BCUT2D eigenvalue weighted by molar-refractivity contribution is 5.83. The average Bonchev–Trinajstić information content (AvgIpc) is 1.63. The van der Waals surface area contributed by atoms with Gasteiger partial charge in [-0.3, -0.25) is 0 Å². The van der Waals surface area contributed by atoms with Crippen molar-refractivity contribution in [1.82, 2.24) is 0 Å². The lowest BCUT2D eigenvalue weighted by Gasteiger charge is -1.92. The molecule has 0 aromatic rings. The van der Waals surface area contributed by atoms with Gasteiger partial charge < -0.3 is 10.8 Å². The first kappa shape index (κ1) is 8.10. The van der Waals surface area contributed by atoms with Crippen molar-refractivity contribution in [3.63, 3.8) is 0 Å². The van der Waals surface area contributed by atoms with E-state index in [1.54, 1.807) is 0 Å². The van der Waals surface area contributed by atoms with Gasteiger partial charge in [0.05, 0.1) is 0 Å². The summed E-state index contributed by atoms with van der Waals surface area (Å²) in [6.07, 6.45) is 0.836. The van der Waals surface area contributed by atoms with Gasteiger partial charge in [-0.25, -0.2) is 4.79 Å². The smallest absolute Gasteiger partial charge is 0.364 e. The number of hydrogen-bond donors (Lipinski definition) is 2. The quantitative estimate of drug-likeness (QED) is 0.531. The number of carboxylic acids is 1. The molecule has 0 aliphatic carbocycles. The highest BCUT2D eigenvalue weighted by Gasteiger charge is 2.04. The maximum atomic E-state index is 12.0. The summed E-state index contributed by atoms with van der Waals surface area (Å²) in [6, 6.07) is -0.555. The van der Waals surface area contributed by atoms with Gasteiger partial charge in [0.2, 0.25) is 5.83 Å². The molecule has 4 heteroatoms. The van der Waals surface area contributed by atoms with Crippen LogP contribution in [0.2, 0.25) is 0 Å². The van der Waals surface area contributed by atoms with Gasteiger partial charge in [0, 0.05) is 6.04 Å². The summed E-state index contributed by atoms with van der Waals surface area (Å²) < 4.78 is 12.0. The van der Waals surface area contributed by atoms with Crippen molar-refractivity contribution < 1.29 is 14.3 Å². The third-order valence-corrected chi connectivity index (χ3v) is 0.614. The summed E-state index contributed by atoms with van der Waals surface area (Å²) in [5.74, 6) is -2.78. The first-order chi connectivity index (χ1) is 4.04. The molecule has 1 unspecified atom stereocenters. The zero-order chi connectivity index (χ0) is 7.44. The van der Waals surface area contributed by atoms with E-state index in [1.165, 1.54) is 6.92 Å². The molecule has 0 aromatic heterocycles. The lowest BCUT2D eigenvalue weighted by molar-refractivity contribution is -0.134. The molecule has 1 atom stereocenters. The lowest BCUT2D eigenvalue weighted by Crippen LogP contribution is -2.12. The third kappa shape index (κ3) is 3.66. The molecule has 0 aromatic carbocycles. The largest absolute Gasteiger partial charge is 0.476 e. The molecule has 0 amide bonds. The lowest BCUT2D eigenvalue weighted by atomic mass is 10.3. The molecule has 9 heavy (non-hydrogen) atoms. The van der Waals surface area contributed by atoms with Crippen LogP contribution in [-0.2, 0) is 4.79 Å². The molecule has 0 heterocycles. The molecular formula is C5H8FNO2. The molecule has 0 aliphatic rings. The van der Waals surface area contributed by atoms with Crippen LogP contribution in [0, 0.1) is 0 Å². The number of halogens is 1. The van der Waals surface area contributed by atoms with E-state index in [0.29, 0.717) is 0 Å². The van der Waals surface area contributed by atoms with E-state index >= 15 is 0 Å². The first-order valence-corrected chi connectivity index (χ1v) is 2.40. The van der Waals surface area contributed by atoms with Gasteiger partial charge in [0.25, 0.3) is 0 Å². The van der Waals surface area contributed by atoms with E-state index < -0.39 is 17.8 Å². The topological polar surface area (TPSA) is 63.3 Å². The Morgan fingerprint density at radius 1 is 1.89 bits per heavy atom. The van der Waals surface area contributed by atoms with E-state index in [-0.39, 0.29) is 0 Å². The molecule has 0 fully saturated rings. The number of hydrogen-bond acceptors (Lipinski definition) is 2. The Balaban J connectivity index is 4.00. The SMILES string of the molecule is CC(N)C=C(F)C(=O)O. The Bertz CT molecular complexity index is 142. The van der Waals surface area contributed by atoms with Gasteiger partial charge in [0.15, 0.2) is 0 Å². The van der Waals surface area contributed by atoms with Crippen LogP contribution in [0.25, 0.3) is 0 Å². The Morgan fingerprint density at radius 3 is 2.44 bits per heavy atom. The van der Waals surface area contributed by atoms with E-state index in [4.69, 9.17) is 10.8 Å². The van der Waals surface area contributed by atoms with Gasteiger partial charge in [-0.05, 0) is 13.0 Å². The normalized spacial score (nSPS) is 15.2. The third-order valence-electron chi connectivity index (χ3n) is 0.614. The van der Waals surface area contributed by atoms with Crippen molar-refractivity contribution in [2.45, 2.75) is 13.0 Å². The maximum absolute atomic E-state index is 12.0. The molecule has 52 valence electrons. The summed E-state index contributed by atoms with van der Waals surface area (Å²) in [5.41, 5.74) is 5.05. The Kier molecular flexibility index (Phi) is 2.87. The van der Waals surface area contributed by atoms with Crippen molar-refractivity contribution in [1.29, 1.82) is 0 Å². The van der Waals surface area contributed by atoms with Gasteiger partial charge in [0.1, 0.15) is 0 Å². The molecule has 0 spiro atoms. The van der Waals surface area contributed by atoms with Crippen LogP contribution in [0.1, 0.15) is 6.92 Å². The molecule has 0 bridgehead atoms. The summed E-state index contributed by atoms with van der Waals surface area (Å²) in [6.45, 7) is 1.49. The minimum Gasteiger partial charge on any atom is -0.476 e. The predicted molar refractivity (Wildman–Crippen MR) is 30.5 cm³/mol. The van der Waals surface area contributed by atoms with Crippen molar-refractivity contribution in [3.05, 3.63) is 11.9 Å².